The van der Waals surface area contributed by atoms with Gasteiger partial charge in [0.1, 0.15) is 9.92 Å². The van der Waals surface area contributed by atoms with Gasteiger partial charge in [-0.05, 0) is 33.6 Å². The zero-order valence-corrected chi connectivity index (χ0v) is 13.2. The fourth-order valence-electron chi connectivity index (χ4n) is 1.84. The highest BCUT2D eigenvalue weighted by Crippen LogP contribution is 2.17. The number of rotatable bonds is 2. The highest BCUT2D eigenvalue weighted by molar-refractivity contribution is 8.23. The number of thioether (sulfide) groups is 1. The summed E-state index contributed by atoms with van der Waals surface area (Å²) in [5.41, 5.74) is -0.415. The van der Waals surface area contributed by atoms with E-state index in [4.69, 9.17) is 17.0 Å². The lowest BCUT2D eigenvalue weighted by atomic mass is 10.2. The van der Waals surface area contributed by atoms with Gasteiger partial charge in [0.15, 0.2) is 0 Å². The largest absolute Gasteiger partial charge is 0.459 e. The molecule has 0 aromatic rings. The number of thiocarbonyl (C=S) groups is 1. The summed E-state index contributed by atoms with van der Waals surface area (Å²) in [6.45, 7) is 7.69. The van der Waals surface area contributed by atoms with Gasteiger partial charge in [-0.3, -0.25) is 4.79 Å². The van der Waals surface area contributed by atoms with Gasteiger partial charge in [-0.2, -0.15) is 0 Å². The minimum absolute atomic E-state index is 0.190. The van der Waals surface area contributed by atoms with Crippen molar-refractivity contribution in [2.24, 2.45) is 0 Å². The highest BCUT2D eigenvalue weighted by atomic mass is 32.2. The molecule has 0 amide bonds. The average molecular weight is 289 g/mol. The molecular weight excluding hydrogens is 266 g/mol. The van der Waals surface area contributed by atoms with E-state index < -0.39 is 5.60 Å². The topological polar surface area (TPSA) is 29.5 Å². The second kappa shape index (κ2) is 7.34. The number of hydrogen-bond donors (Lipinski definition) is 0. The molecule has 0 aliphatic carbocycles. The number of ether oxygens (including phenoxy) is 1. The minimum Gasteiger partial charge on any atom is -0.459 e. The molecule has 1 fully saturated rings. The normalized spacial score (nSPS) is 17.2. The van der Waals surface area contributed by atoms with Gasteiger partial charge >= 0.3 is 5.97 Å². The van der Waals surface area contributed by atoms with E-state index in [0.29, 0.717) is 5.75 Å². The molecular formula is C13H23NO2S2. The summed E-state index contributed by atoms with van der Waals surface area (Å²) >= 11 is 6.80. The third-order valence-electron chi connectivity index (χ3n) is 2.60. The number of carbonyl (C=O) groups excluding carboxylic acids is 1. The first-order valence-electron chi connectivity index (χ1n) is 6.52. The van der Waals surface area contributed by atoms with E-state index in [2.05, 4.69) is 4.90 Å². The summed E-state index contributed by atoms with van der Waals surface area (Å²) in [5.74, 6) is 0.122. The molecule has 1 heterocycles. The molecule has 0 radical (unpaired) electrons. The van der Waals surface area contributed by atoms with Gasteiger partial charge in [-0.15, -0.1) is 0 Å². The Balaban J connectivity index is 2.29. The predicted molar refractivity (Wildman–Crippen MR) is 80.9 cm³/mol. The number of carbonyl (C=O) groups is 1. The van der Waals surface area contributed by atoms with Crippen LogP contribution in [-0.4, -0.2) is 39.6 Å². The van der Waals surface area contributed by atoms with Crippen molar-refractivity contribution in [3.8, 4) is 0 Å². The van der Waals surface area contributed by atoms with Crippen LogP contribution < -0.4 is 0 Å². The van der Waals surface area contributed by atoms with E-state index in [0.717, 1.165) is 17.4 Å². The van der Waals surface area contributed by atoms with Crippen molar-refractivity contribution < 1.29 is 9.53 Å². The standard InChI is InChI=1S/C13H23NO2S2/c1-13(2,3)16-11(15)10-18-12(17)14-8-6-4-5-7-9-14/h4-10H2,1-3H3. The molecule has 0 spiro atoms. The fraction of sp³-hybridized carbons (Fsp3) is 0.846. The summed E-state index contributed by atoms with van der Waals surface area (Å²) in [6.07, 6.45) is 4.98. The molecule has 0 unspecified atom stereocenters. The van der Waals surface area contributed by atoms with Crippen LogP contribution in [0, 0.1) is 0 Å². The maximum Gasteiger partial charge on any atom is 0.316 e. The Morgan fingerprint density at radius 1 is 1.22 bits per heavy atom. The van der Waals surface area contributed by atoms with Gasteiger partial charge in [0.2, 0.25) is 0 Å². The zero-order valence-electron chi connectivity index (χ0n) is 11.5. The molecule has 5 heteroatoms. The Morgan fingerprint density at radius 2 is 1.78 bits per heavy atom. The Labute approximate surface area is 120 Å². The van der Waals surface area contributed by atoms with E-state index >= 15 is 0 Å². The molecule has 0 atom stereocenters. The summed E-state index contributed by atoms with van der Waals surface area (Å²) in [4.78, 5) is 13.8. The van der Waals surface area contributed by atoms with Crippen LogP contribution in [0.5, 0.6) is 0 Å². The summed E-state index contributed by atoms with van der Waals surface area (Å²) in [6, 6.07) is 0. The lowest BCUT2D eigenvalue weighted by Gasteiger charge is -2.23. The van der Waals surface area contributed by atoms with Crippen molar-refractivity contribution in [2.75, 3.05) is 18.8 Å². The third kappa shape index (κ3) is 6.59. The smallest absolute Gasteiger partial charge is 0.316 e. The fourth-order valence-corrected chi connectivity index (χ4v) is 2.86. The number of esters is 1. The molecule has 104 valence electrons. The van der Waals surface area contributed by atoms with Gasteiger partial charge in [0.05, 0.1) is 5.75 Å². The summed E-state index contributed by atoms with van der Waals surface area (Å²) in [7, 11) is 0. The molecule has 18 heavy (non-hydrogen) atoms. The number of hydrogen-bond acceptors (Lipinski definition) is 4. The van der Waals surface area contributed by atoms with Crippen LogP contribution in [0.1, 0.15) is 46.5 Å². The van der Waals surface area contributed by atoms with Gasteiger partial charge in [-0.1, -0.05) is 36.8 Å². The van der Waals surface area contributed by atoms with Crippen molar-refractivity contribution in [3.63, 3.8) is 0 Å². The lowest BCUT2D eigenvalue weighted by Crippen LogP contribution is -2.30. The van der Waals surface area contributed by atoms with Gasteiger partial charge < -0.3 is 9.64 Å². The van der Waals surface area contributed by atoms with Crippen LogP contribution in [0.25, 0.3) is 0 Å². The molecule has 0 aromatic carbocycles. The Hall–Kier alpha value is -0.290. The minimum atomic E-state index is -0.415. The van der Waals surface area contributed by atoms with Crippen molar-refractivity contribution in [3.05, 3.63) is 0 Å². The molecule has 1 aliphatic heterocycles. The van der Waals surface area contributed by atoms with E-state index in [1.165, 1.54) is 37.4 Å². The quantitative estimate of drug-likeness (QED) is 0.575. The molecule has 0 bridgehead atoms. The average Bonchev–Trinajstić information content (AvgIpc) is 2.52. The molecule has 0 saturated carbocycles. The summed E-state index contributed by atoms with van der Waals surface area (Å²) in [5, 5.41) is 0. The van der Waals surface area contributed by atoms with Crippen LogP contribution in [0.4, 0.5) is 0 Å². The SMILES string of the molecule is CC(C)(C)OC(=O)CSC(=S)N1CCCCCC1. The second-order valence-electron chi connectivity index (χ2n) is 5.54. The Morgan fingerprint density at radius 3 is 2.28 bits per heavy atom. The van der Waals surface area contributed by atoms with Crippen molar-refractivity contribution >= 4 is 34.3 Å². The molecule has 1 aliphatic rings. The summed E-state index contributed by atoms with van der Waals surface area (Å²) < 4.78 is 6.10. The van der Waals surface area contributed by atoms with Crippen LogP contribution in [-0.2, 0) is 9.53 Å². The lowest BCUT2D eigenvalue weighted by molar-refractivity contribution is -0.151. The molecule has 1 saturated heterocycles. The van der Waals surface area contributed by atoms with Gasteiger partial charge in [-0.25, -0.2) is 0 Å². The van der Waals surface area contributed by atoms with Gasteiger partial charge in [0.25, 0.3) is 0 Å². The van der Waals surface area contributed by atoms with Crippen LogP contribution >= 0.6 is 24.0 Å². The molecule has 0 N–H and O–H groups in total. The maximum absolute atomic E-state index is 11.6. The van der Waals surface area contributed by atoms with Gasteiger partial charge in [0, 0.05) is 13.1 Å². The first kappa shape index (κ1) is 15.8. The van der Waals surface area contributed by atoms with Crippen molar-refractivity contribution in [2.45, 2.75) is 52.1 Å². The maximum atomic E-state index is 11.6. The number of likely N-dealkylation sites (tertiary alicyclic amines) is 1. The molecule has 1 rings (SSSR count). The van der Waals surface area contributed by atoms with E-state index in [9.17, 15) is 4.79 Å². The van der Waals surface area contributed by atoms with Crippen molar-refractivity contribution in [1.82, 2.24) is 4.90 Å². The number of nitrogens with zero attached hydrogens (tertiary/aromatic N) is 1. The Kier molecular flexibility index (Phi) is 6.43. The Bertz CT molecular complexity index is 292. The van der Waals surface area contributed by atoms with Crippen LogP contribution in [0.15, 0.2) is 0 Å². The predicted octanol–water partition coefficient (Wildman–Crippen LogP) is 3.22. The van der Waals surface area contributed by atoms with Crippen molar-refractivity contribution in [1.29, 1.82) is 0 Å². The zero-order chi connectivity index (χ0) is 13.6. The highest BCUT2D eigenvalue weighted by Gasteiger charge is 2.18. The molecule has 3 nitrogen and oxygen atoms in total. The third-order valence-corrected chi connectivity index (χ3v) is 4.09. The van der Waals surface area contributed by atoms with E-state index in [1.54, 1.807) is 0 Å². The van der Waals surface area contributed by atoms with Crippen LogP contribution in [0.3, 0.4) is 0 Å². The monoisotopic (exact) mass is 289 g/mol. The first-order valence-corrected chi connectivity index (χ1v) is 7.91. The molecule has 0 aromatic heterocycles. The first-order chi connectivity index (χ1) is 8.38. The van der Waals surface area contributed by atoms with E-state index in [-0.39, 0.29) is 5.97 Å². The van der Waals surface area contributed by atoms with Crippen LogP contribution in [0.2, 0.25) is 0 Å². The van der Waals surface area contributed by atoms with E-state index in [1.807, 2.05) is 20.8 Å². The second-order valence-corrected chi connectivity index (χ2v) is 7.15.